The van der Waals surface area contributed by atoms with E-state index < -0.39 is 15.1 Å². The lowest BCUT2D eigenvalue weighted by Gasteiger charge is -2.29. The van der Waals surface area contributed by atoms with Crippen LogP contribution in [0.15, 0.2) is 65.6 Å². The summed E-state index contributed by atoms with van der Waals surface area (Å²) in [6.07, 6.45) is 3.01. The van der Waals surface area contributed by atoms with E-state index in [1.165, 1.54) is 0 Å². The van der Waals surface area contributed by atoms with E-state index in [1.807, 2.05) is 30.5 Å². The molecule has 188 valence electrons. The third-order valence-electron chi connectivity index (χ3n) is 6.55. The summed E-state index contributed by atoms with van der Waals surface area (Å²) in [5.74, 6) is 1.02. The zero-order valence-corrected chi connectivity index (χ0v) is 20.8. The van der Waals surface area contributed by atoms with Crippen molar-refractivity contribution in [2.75, 3.05) is 37.5 Å². The third kappa shape index (κ3) is 4.36. The molecule has 3 aromatic heterocycles. The van der Waals surface area contributed by atoms with Gasteiger partial charge in [-0.2, -0.15) is 5.10 Å². The molecular formula is C26H24N6O4S. The Hall–Kier alpha value is -4.09. The second-order valence-corrected chi connectivity index (χ2v) is 11.2. The molecule has 1 unspecified atom stereocenters. The van der Waals surface area contributed by atoms with Crippen LogP contribution in [0.5, 0.6) is 0 Å². The fraction of sp³-hybridized carbons (Fsp3) is 0.231. The topological polar surface area (TPSA) is 134 Å². The maximum Gasteiger partial charge on any atom is 0.272 e. The molecule has 0 spiro atoms. The number of benzene rings is 2. The lowest BCUT2D eigenvalue weighted by molar-refractivity contribution is 0.122. The second kappa shape index (κ2) is 9.09. The molecule has 1 aliphatic rings. The first kappa shape index (κ1) is 23.3. The van der Waals surface area contributed by atoms with E-state index in [4.69, 9.17) is 14.7 Å². The Balaban J connectivity index is 1.59. The van der Waals surface area contributed by atoms with Crippen LogP contribution in [-0.4, -0.2) is 66.1 Å². The molecule has 1 aliphatic heterocycles. The number of sulfone groups is 1. The van der Waals surface area contributed by atoms with Crippen LogP contribution >= 0.6 is 0 Å². The van der Waals surface area contributed by atoms with Gasteiger partial charge in [-0.3, -0.25) is 4.79 Å². The maximum atomic E-state index is 13.3. The molecule has 10 nitrogen and oxygen atoms in total. The van der Waals surface area contributed by atoms with Gasteiger partial charge < -0.3 is 14.6 Å². The van der Waals surface area contributed by atoms with Gasteiger partial charge in [0.25, 0.3) is 5.56 Å². The molecule has 1 atom stereocenters. The first-order valence-electron chi connectivity index (χ1n) is 11.8. The number of aromatic amines is 2. The number of fused-ring (bicyclic) bond motifs is 2. The van der Waals surface area contributed by atoms with Crippen molar-refractivity contribution in [3.8, 4) is 11.4 Å². The van der Waals surface area contributed by atoms with Crippen molar-refractivity contribution in [1.29, 1.82) is 0 Å². The average molecular weight is 517 g/mol. The Morgan fingerprint density at radius 3 is 2.57 bits per heavy atom. The van der Waals surface area contributed by atoms with Crippen molar-refractivity contribution < 1.29 is 13.2 Å². The molecule has 37 heavy (non-hydrogen) atoms. The molecule has 0 amide bonds. The van der Waals surface area contributed by atoms with Gasteiger partial charge in [-0.1, -0.05) is 18.2 Å². The van der Waals surface area contributed by atoms with Crippen LogP contribution < -0.4 is 10.5 Å². The van der Waals surface area contributed by atoms with Gasteiger partial charge >= 0.3 is 0 Å². The van der Waals surface area contributed by atoms with Crippen LogP contribution in [0.3, 0.4) is 0 Å². The van der Waals surface area contributed by atoms with E-state index in [0.29, 0.717) is 48.7 Å². The van der Waals surface area contributed by atoms with Crippen molar-refractivity contribution in [2.45, 2.75) is 5.25 Å². The number of hydrogen-bond acceptors (Lipinski definition) is 8. The maximum absolute atomic E-state index is 13.3. The van der Waals surface area contributed by atoms with E-state index in [1.54, 1.807) is 30.3 Å². The van der Waals surface area contributed by atoms with Gasteiger partial charge in [0, 0.05) is 53.5 Å². The van der Waals surface area contributed by atoms with E-state index in [9.17, 15) is 13.2 Å². The van der Waals surface area contributed by atoms with Gasteiger partial charge in [0.05, 0.1) is 30.0 Å². The number of ether oxygens (including phenoxy) is 1. The Labute approximate surface area is 212 Å². The number of H-pyrrole nitrogens is 2. The summed E-state index contributed by atoms with van der Waals surface area (Å²) in [5, 5.41) is 7.28. The standard InChI is InChI=1S/C26H24N6O4S/c1-37(34,35)24(23-18-4-2-3-5-19(18)26(33)31-30-23)21-15-22(32-10-12-36-13-11-32)29-25(28-21)17-6-7-20-16(14-17)8-9-27-20/h2-9,14-15,24,27H,10-13H2,1H3,(H,31,33). The fourth-order valence-corrected chi connectivity index (χ4v) is 5.91. The largest absolute Gasteiger partial charge is 0.378 e. The molecule has 0 aliphatic carbocycles. The van der Waals surface area contributed by atoms with Gasteiger partial charge in [0.15, 0.2) is 15.7 Å². The highest BCUT2D eigenvalue weighted by Gasteiger charge is 2.32. The summed E-state index contributed by atoms with van der Waals surface area (Å²) < 4.78 is 32.1. The quantitative estimate of drug-likeness (QED) is 0.364. The lowest BCUT2D eigenvalue weighted by Crippen LogP contribution is -2.37. The predicted octanol–water partition coefficient (Wildman–Crippen LogP) is 2.83. The molecule has 6 rings (SSSR count). The van der Waals surface area contributed by atoms with Crippen LogP contribution in [0.4, 0.5) is 5.82 Å². The number of nitrogens with zero attached hydrogens (tertiary/aromatic N) is 4. The Kier molecular flexibility index (Phi) is 5.73. The first-order valence-corrected chi connectivity index (χ1v) is 13.8. The van der Waals surface area contributed by atoms with Crippen LogP contribution in [-0.2, 0) is 14.6 Å². The molecule has 2 aromatic carbocycles. The molecule has 1 fully saturated rings. The summed E-state index contributed by atoms with van der Waals surface area (Å²) in [7, 11) is -3.77. The summed E-state index contributed by atoms with van der Waals surface area (Å²) in [6, 6.07) is 16.3. The van der Waals surface area contributed by atoms with Gasteiger partial charge in [-0.05, 0) is 30.3 Å². The smallest absolute Gasteiger partial charge is 0.272 e. The molecule has 5 aromatic rings. The summed E-state index contributed by atoms with van der Waals surface area (Å²) in [5.41, 5.74) is 1.86. The number of aromatic nitrogens is 5. The van der Waals surface area contributed by atoms with E-state index in [0.717, 1.165) is 22.7 Å². The summed E-state index contributed by atoms with van der Waals surface area (Å²) in [4.78, 5) is 27.2. The summed E-state index contributed by atoms with van der Waals surface area (Å²) in [6.45, 7) is 2.34. The highest BCUT2D eigenvalue weighted by Crippen LogP contribution is 2.34. The first-order chi connectivity index (χ1) is 17.9. The number of anilines is 1. The molecule has 4 heterocycles. The Bertz CT molecular complexity index is 1790. The van der Waals surface area contributed by atoms with E-state index in [-0.39, 0.29) is 16.9 Å². The van der Waals surface area contributed by atoms with Crippen LogP contribution in [0, 0.1) is 0 Å². The number of rotatable bonds is 5. The van der Waals surface area contributed by atoms with Crippen molar-refractivity contribution in [3.63, 3.8) is 0 Å². The molecule has 0 bridgehead atoms. The molecule has 0 saturated carbocycles. The minimum atomic E-state index is -3.77. The lowest BCUT2D eigenvalue weighted by atomic mass is 10.1. The molecule has 11 heteroatoms. The van der Waals surface area contributed by atoms with E-state index in [2.05, 4.69) is 20.1 Å². The normalized spacial score (nSPS) is 15.3. The molecule has 1 saturated heterocycles. The minimum Gasteiger partial charge on any atom is -0.378 e. The Morgan fingerprint density at radius 1 is 1.00 bits per heavy atom. The van der Waals surface area contributed by atoms with Gasteiger partial charge in [-0.25, -0.2) is 23.5 Å². The second-order valence-electron chi connectivity index (χ2n) is 9.05. The van der Waals surface area contributed by atoms with Crippen molar-refractivity contribution in [1.82, 2.24) is 25.1 Å². The van der Waals surface area contributed by atoms with Gasteiger partial charge in [0.1, 0.15) is 11.1 Å². The van der Waals surface area contributed by atoms with Crippen molar-refractivity contribution in [2.24, 2.45) is 0 Å². The van der Waals surface area contributed by atoms with Crippen LogP contribution in [0.2, 0.25) is 0 Å². The predicted molar refractivity (Wildman–Crippen MR) is 141 cm³/mol. The fourth-order valence-electron chi connectivity index (χ4n) is 4.76. The summed E-state index contributed by atoms with van der Waals surface area (Å²) >= 11 is 0. The third-order valence-corrected chi connectivity index (χ3v) is 7.87. The van der Waals surface area contributed by atoms with Crippen molar-refractivity contribution >= 4 is 37.3 Å². The zero-order valence-electron chi connectivity index (χ0n) is 20.0. The van der Waals surface area contributed by atoms with Gasteiger partial charge in [-0.15, -0.1) is 0 Å². The van der Waals surface area contributed by atoms with E-state index >= 15 is 0 Å². The highest BCUT2D eigenvalue weighted by atomic mass is 32.2. The number of hydrogen-bond donors (Lipinski definition) is 2. The van der Waals surface area contributed by atoms with Gasteiger partial charge in [0.2, 0.25) is 0 Å². The highest BCUT2D eigenvalue weighted by molar-refractivity contribution is 7.91. The SMILES string of the molecule is CS(=O)(=O)C(c1cc(N2CCOCC2)nc(-c2ccc3[nH]ccc3c2)n1)c1n[nH]c(=O)c2ccccc12. The average Bonchev–Trinajstić information content (AvgIpc) is 3.38. The molecule has 0 radical (unpaired) electrons. The Morgan fingerprint density at radius 2 is 1.78 bits per heavy atom. The van der Waals surface area contributed by atoms with Crippen molar-refractivity contribution in [3.05, 3.63) is 82.5 Å². The van der Waals surface area contributed by atoms with Crippen LogP contribution in [0.1, 0.15) is 16.6 Å². The molecule has 2 N–H and O–H groups in total. The monoisotopic (exact) mass is 516 g/mol. The minimum absolute atomic E-state index is 0.219. The zero-order chi connectivity index (χ0) is 25.6. The molecular weight excluding hydrogens is 492 g/mol. The number of morpholine rings is 1. The van der Waals surface area contributed by atoms with Crippen LogP contribution in [0.25, 0.3) is 33.1 Å². The number of nitrogens with one attached hydrogen (secondary N) is 2.